The molecule has 1 fully saturated rings. The lowest BCUT2D eigenvalue weighted by Gasteiger charge is -2.45. The molecule has 0 saturated carbocycles. The van der Waals surface area contributed by atoms with Crippen LogP contribution in [-0.4, -0.2) is 69.6 Å². The number of amides is 2. The molecule has 200 valence electrons. The number of benzene rings is 1. The number of pyridine rings is 1. The van der Waals surface area contributed by atoms with E-state index < -0.39 is 30.5 Å². The van der Waals surface area contributed by atoms with Crippen molar-refractivity contribution in [2.75, 3.05) is 41.4 Å². The molecule has 3 N–H and O–H groups in total. The van der Waals surface area contributed by atoms with Gasteiger partial charge in [0.1, 0.15) is 24.3 Å². The average Bonchev–Trinajstić information content (AvgIpc) is 2.92. The van der Waals surface area contributed by atoms with E-state index in [9.17, 15) is 23.1 Å². The standard InChI is InChI=1S/C25H25F3N6O4/c26-25(27,28)16-4-1-3-15(9-16)22-30-11-20-23(32-22)34(17-5-2-8-33(20)12-17)24(37)31-21-7-6-19(10-29-21)38-14-18(36)13-35/h1,3-4,6-7,9-11,17-18,35-36H,2,5,8,12-14H2,(H,29,31,37)/t17?,18-/m1/s1. The van der Waals surface area contributed by atoms with Crippen LogP contribution in [-0.2, 0) is 6.18 Å². The molecule has 2 aliphatic rings. The van der Waals surface area contributed by atoms with Crippen molar-refractivity contribution in [2.45, 2.75) is 31.2 Å². The Morgan fingerprint density at radius 1 is 1.21 bits per heavy atom. The molecule has 4 heterocycles. The molecular formula is C25H25F3N6O4. The van der Waals surface area contributed by atoms with Gasteiger partial charge in [-0.25, -0.2) is 19.7 Å². The molecule has 0 radical (unpaired) electrons. The molecule has 0 aliphatic carbocycles. The largest absolute Gasteiger partial charge is 0.489 e. The van der Waals surface area contributed by atoms with E-state index in [1.54, 1.807) is 12.3 Å². The topological polar surface area (TPSA) is 124 Å². The summed E-state index contributed by atoms with van der Waals surface area (Å²) in [6.07, 6.45) is -1.02. The average molecular weight is 531 g/mol. The van der Waals surface area contributed by atoms with Gasteiger partial charge < -0.3 is 19.8 Å². The maximum absolute atomic E-state index is 13.5. The summed E-state index contributed by atoms with van der Waals surface area (Å²) in [6, 6.07) is 7.19. The number of aliphatic hydroxyl groups excluding tert-OH is 2. The highest BCUT2D eigenvalue weighted by molar-refractivity contribution is 6.04. The number of aliphatic hydroxyl groups is 2. The molecule has 0 spiro atoms. The molecule has 2 aromatic heterocycles. The Labute approximate surface area is 215 Å². The van der Waals surface area contributed by atoms with Crippen LogP contribution in [0.15, 0.2) is 48.8 Å². The quantitative estimate of drug-likeness (QED) is 0.444. The lowest BCUT2D eigenvalue weighted by Crippen LogP contribution is -2.56. The van der Waals surface area contributed by atoms with Crippen LogP contribution in [0.25, 0.3) is 11.4 Å². The van der Waals surface area contributed by atoms with Gasteiger partial charge >= 0.3 is 12.2 Å². The van der Waals surface area contributed by atoms with E-state index in [4.69, 9.17) is 9.84 Å². The first-order valence-electron chi connectivity index (χ1n) is 12.0. The molecule has 2 atom stereocenters. The Balaban J connectivity index is 1.41. The van der Waals surface area contributed by atoms with E-state index >= 15 is 0 Å². The van der Waals surface area contributed by atoms with Crippen molar-refractivity contribution in [1.82, 2.24) is 15.0 Å². The van der Waals surface area contributed by atoms with Crippen LogP contribution in [0.2, 0.25) is 0 Å². The third kappa shape index (κ3) is 5.34. The zero-order valence-corrected chi connectivity index (χ0v) is 20.1. The lowest BCUT2D eigenvalue weighted by atomic mass is 10.0. The van der Waals surface area contributed by atoms with Gasteiger partial charge in [-0.2, -0.15) is 13.2 Å². The Hall–Kier alpha value is -3.97. The van der Waals surface area contributed by atoms with Gasteiger partial charge in [-0.05, 0) is 37.1 Å². The number of nitrogens with one attached hydrogen (secondary N) is 1. The van der Waals surface area contributed by atoms with Gasteiger partial charge in [0.2, 0.25) is 0 Å². The summed E-state index contributed by atoms with van der Waals surface area (Å²) in [5, 5.41) is 21.0. The van der Waals surface area contributed by atoms with Crippen LogP contribution in [0.3, 0.4) is 0 Å². The first kappa shape index (κ1) is 25.7. The van der Waals surface area contributed by atoms with E-state index in [1.165, 1.54) is 29.3 Å². The predicted molar refractivity (Wildman–Crippen MR) is 132 cm³/mol. The summed E-state index contributed by atoms with van der Waals surface area (Å²) < 4.78 is 45.1. The molecule has 10 nitrogen and oxygen atoms in total. The van der Waals surface area contributed by atoms with E-state index in [0.717, 1.165) is 31.5 Å². The SMILES string of the molecule is O=C(Nc1ccc(OC[C@H](O)CO)cn1)N1c2nc(-c3cccc(C(F)(F)F)c3)ncc2N2CCCC1C2. The zero-order chi connectivity index (χ0) is 26.9. The number of anilines is 3. The normalized spacial score (nSPS) is 17.6. The van der Waals surface area contributed by atoms with Crippen molar-refractivity contribution in [3.63, 3.8) is 0 Å². The maximum atomic E-state index is 13.5. The number of alkyl halides is 3. The van der Waals surface area contributed by atoms with Crippen molar-refractivity contribution in [3.05, 3.63) is 54.4 Å². The molecule has 38 heavy (non-hydrogen) atoms. The van der Waals surface area contributed by atoms with Crippen LogP contribution >= 0.6 is 0 Å². The maximum Gasteiger partial charge on any atom is 0.416 e. The van der Waals surface area contributed by atoms with Crippen molar-refractivity contribution in [3.8, 4) is 17.1 Å². The first-order valence-corrected chi connectivity index (χ1v) is 12.0. The number of aromatic nitrogens is 3. The van der Waals surface area contributed by atoms with E-state index in [0.29, 0.717) is 23.8 Å². The minimum Gasteiger partial charge on any atom is -0.489 e. The minimum absolute atomic E-state index is 0.0820. The Morgan fingerprint density at radius 2 is 2.05 bits per heavy atom. The van der Waals surface area contributed by atoms with Gasteiger partial charge in [0.05, 0.1) is 36.3 Å². The summed E-state index contributed by atoms with van der Waals surface area (Å²) >= 11 is 0. The van der Waals surface area contributed by atoms with Gasteiger partial charge in [0, 0.05) is 18.7 Å². The van der Waals surface area contributed by atoms with Crippen molar-refractivity contribution >= 4 is 23.4 Å². The smallest absolute Gasteiger partial charge is 0.416 e. The molecule has 5 rings (SSSR count). The van der Waals surface area contributed by atoms with E-state index in [-0.39, 0.29) is 29.9 Å². The molecule has 3 aromatic rings. The molecule has 2 aliphatic heterocycles. The van der Waals surface area contributed by atoms with Crippen LogP contribution in [0, 0.1) is 0 Å². The third-order valence-electron chi connectivity index (χ3n) is 6.37. The monoisotopic (exact) mass is 530 g/mol. The van der Waals surface area contributed by atoms with Crippen LogP contribution in [0.4, 0.5) is 35.3 Å². The Kier molecular flexibility index (Phi) is 7.04. The summed E-state index contributed by atoms with van der Waals surface area (Å²) in [6.45, 7) is 0.802. The summed E-state index contributed by atoms with van der Waals surface area (Å²) in [7, 11) is 0. The van der Waals surface area contributed by atoms with Crippen molar-refractivity contribution in [1.29, 1.82) is 0 Å². The number of hydrogen-bond acceptors (Lipinski definition) is 8. The number of rotatable bonds is 6. The van der Waals surface area contributed by atoms with Gasteiger partial charge in [-0.3, -0.25) is 10.2 Å². The third-order valence-corrected chi connectivity index (χ3v) is 6.37. The highest BCUT2D eigenvalue weighted by Crippen LogP contribution is 2.39. The second-order valence-electron chi connectivity index (χ2n) is 9.05. The highest BCUT2D eigenvalue weighted by Gasteiger charge is 2.39. The number of carbonyl (C=O) groups is 1. The Morgan fingerprint density at radius 3 is 2.79 bits per heavy atom. The molecule has 1 saturated heterocycles. The number of piperidine rings is 1. The highest BCUT2D eigenvalue weighted by atomic mass is 19.4. The van der Waals surface area contributed by atoms with Crippen LogP contribution in [0.1, 0.15) is 18.4 Å². The number of nitrogens with zero attached hydrogens (tertiary/aromatic N) is 5. The van der Waals surface area contributed by atoms with Gasteiger partial charge in [0.25, 0.3) is 0 Å². The lowest BCUT2D eigenvalue weighted by molar-refractivity contribution is -0.137. The summed E-state index contributed by atoms with van der Waals surface area (Å²) in [5.74, 6) is 0.995. The van der Waals surface area contributed by atoms with Crippen molar-refractivity contribution < 1.29 is 32.9 Å². The van der Waals surface area contributed by atoms with E-state index in [1.807, 2.05) is 0 Å². The number of carbonyl (C=O) groups excluding carboxylic acids is 1. The fourth-order valence-electron chi connectivity index (χ4n) is 4.51. The second-order valence-corrected chi connectivity index (χ2v) is 9.05. The number of ether oxygens (including phenoxy) is 1. The molecule has 2 amide bonds. The molecule has 1 aromatic carbocycles. The molecule has 1 unspecified atom stereocenters. The number of hydrogen-bond donors (Lipinski definition) is 3. The Bertz CT molecular complexity index is 1310. The van der Waals surface area contributed by atoms with Crippen LogP contribution < -0.4 is 19.9 Å². The van der Waals surface area contributed by atoms with Crippen LogP contribution in [0.5, 0.6) is 5.75 Å². The second kappa shape index (κ2) is 10.4. The van der Waals surface area contributed by atoms with Crippen molar-refractivity contribution in [2.24, 2.45) is 0 Å². The molecular weight excluding hydrogens is 505 g/mol. The minimum atomic E-state index is -4.51. The zero-order valence-electron chi connectivity index (χ0n) is 20.1. The number of urea groups is 1. The first-order chi connectivity index (χ1) is 18.2. The number of halogens is 3. The fraction of sp³-hybridized carbons (Fsp3) is 0.360. The summed E-state index contributed by atoms with van der Waals surface area (Å²) in [4.78, 5) is 30.1. The van der Waals surface area contributed by atoms with Gasteiger partial charge in [-0.15, -0.1) is 0 Å². The summed E-state index contributed by atoms with van der Waals surface area (Å²) in [5.41, 5.74) is 0.0131. The van der Waals surface area contributed by atoms with Gasteiger partial charge in [-0.1, -0.05) is 12.1 Å². The van der Waals surface area contributed by atoms with Gasteiger partial charge in [0.15, 0.2) is 11.6 Å². The molecule has 2 bridgehead atoms. The van der Waals surface area contributed by atoms with E-state index in [2.05, 4.69) is 25.2 Å². The fourth-order valence-corrected chi connectivity index (χ4v) is 4.51. The predicted octanol–water partition coefficient (Wildman–Crippen LogP) is 3.31. The molecule has 13 heteroatoms. The number of fused-ring (bicyclic) bond motifs is 4.